The summed E-state index contributed by atoms with van der Waals surface area (Å²) < 4.78 is 61.1. The fourth-order valence-corrected chi connectivity index (χ4v) is 5.54. The molecule has 1 aromatic carbocycles. The summed E-state index contributed by atoms with van der Waals surface area (Å²) >= 11 is 0. The molecule has 0 aliphatic carbocycles. The SMILES string of the molecule is CCOc1nn(CC)cc1S(=O)(=O)N1CC(CCC(=O)OC)Oc2ccc(/C=C/c3ncccc3F)cc21. The van der Waals surface area contributed by atoms with Crippen LogP contribution in [-0.4, -0.2) is 55.5 Å². The number of aryl methyl sites for hydroxylation is 1. The number of hydrogen-bond acceptors (Lipinski definition) is 8. The first-order valence-corrected chi connectivity index (χ1v) is 13.6. The molecule has 3 heterocycles. The van der Waals surface area contributed by atoms with Gasteiger partial charge in [-0.05, 0) is 56.2 Å². The van der Waals surface area contributed by atoms with Crippen molar-refractivity contribution in [3.8, 4) is 11.6 Å². The highest BCUT2D eigenvalue weighted by molar-refractivity contribution is 7.93. The van der Waals surface area contributed by atoms with Gasteiger partial charge < -0.3 is 14.2 Å². The number of methoxy groups -OCH3 is 1. The van der Waals surface area contributed by atoms with Crippen LogP contribution >= 0.6 is 0 Å². The summed E-state index contributed by atoms with van der Waals surface area (Å²) in [6.45, 7) is 4.24. The van der Waals surface area contributed by atoms with E-state index in [0.717, 1.165) is 0 Å². The molecule has 0 radical (unpaired) electrons. The Morgan fingerprint density at radius 3 is 2.79 bits per heavy atom. The summed E-state index contributed by atoms with van der Waals surface area (Å²) in [5.41, 5.74) is 1.07. The van der Waals surface area contributed by atoms with Gasteiger partial charge in [0.05, 0.1) is 31.6 Å². The Morgan fingerprint density at radius 2 is 2.08 bits per heavy atom. The molecule has 0 fully saturated rings. The van der Waals surface area contributed by atoms with Crippen molar-refractivity contribution in [1.29, 1.82) is 0 Å². The Hall–Kier alpha value is -3.93. The number of benzene rings is 1. The number of rotatable bonds is 10. The molecule has 4 rings (SSSR count). The van der Waals surface area contributed by atoms with E-state index in [9.17, 15) is 17.6 Å². The van der Waals surface area contributed by atoms with Crippen LogP contribution in [0.5, 0.6) is 11.6 Å². The van der Waals surface area contributed by atoms with Crippen molar-refractivity contribution >= 4 is 33.8 Å². The predicted octanol–water partition coefficient (Wildman–Crippen LogP) is 3.92. The smallest absolute Gasteiger partial charge is 0.305 e. The zero-order chi connectivity index (χ0) is 27.3. The van der Waals surface area contributed by atoms with Crippen molar-refractivity contribution in [3.63, 3.8) is 0 Å². The third kappa shape index (κ3) is 5.80. The molecule has 10 nitrogen and oxygen atoms in total. The summed E-state index contributed by atoms with van der Waals surface area (Å²) in [6, 6.07) is 7.83. The van der Waals surface area contributed by atoms with Crippen LogP contribution in [0.3, 0.4) is 0 Å². The van der Waals surface area contributed by atoms with Gasteiger partial charge in [-0.3, -0.25) is 18.8 Å². The number of ether oxygens (including phenoxy) is 3. The first kappa shape index (κ1) is 27.1. The Balaban J connectivity index is 1.75. The topological polar surface area (TPSA) is 113 Å². The van der Waals surface area contributed by atoms with Gasteiger partial charge in [-0.25, -0.2) is 12.8 Å². The van der Waals surface area contributed by atoms with E-state index in [1.54, 1.807) is 31.2 Å². The van der Waals surface area contributed by atoms with E-state index in [1.807, 2.05) is 6.92 Å². The molecular weight excluding hydrogens is 515 g/mol. The van der Waals surface area contributed by atoms with Crippen LogP contribution in [-0.2, 0) is 26.1 Å². The van der Waals surface area contributed by atoms with Gasteiger partial charge >= 0.3 is 5.97 Å². The second-order valence-corrected chi connectivity index (χ2v) is 10.2. The van der Waals surface area contributed by atoms with Gasteiger partial charge in [-0.1, -0.05) is 12.1 Å². The molecule has 3 aromatic rings. The van der Waals surface area contributed by atoms with Crippen LogP contribution in [0.15, 0.2) is 47.6 Å². The molecule has 0 N–H and O–H groups in total. The van der Waals surface area contributed by atoms with E-state index in [1.165, 1.54) is 46.7 Å². The quantitative estimate of drug-likeness (QED) is 0.353. The highest BCUT2D eigenvalue weighted by Crippen LogP contribution is 2.40. The lowest BCUT2D eigenvalue weighted by Gasteiger charge is -2.35. The van der Waals surface area contributed by atoms with Crippen molar-refractivity contribution in [2.45, 2.75) is 44.2 Å². The maximum atomic E-state index is 14.0. The number of esters is 1. The van der Waals surface area contributed by atoms with Crippen LogP contribution in [0.25, 0.3) is 12.2 Å². The second kappa shape index (κ2) is 11.6. The first-order valence-electron chi connectivity index (χ1n) is 12.2. The van der Waals surface area contributed by atoms with Gasteiger partial charge in [0, 0.05) is 25.4 Å². The number of fused-ring (bicyclic) bond motifs is 1. The van der Waals surface area contributed by atoms with Crippen LogP contribution in [0, 0.1) is 5.82 Å². The van der Waals surface area contributed by atoms with Gasteiger partial charge in [-0.15, -0.1) is 5.10 Å². The van der Waals surface area contributed by atoms with Gasteiger partial charge in [0.2, 0.25) is 0 Å². The van der Waals surface area contributed by atoms with E-state index in [0.29, 0.717) is 23.5 Å². The minimum absolute atomic E-state index is 0.00943. The zero-order valence-electron chi connectivity index (χ0n) is 21.3. The van der Waals surface area contributed by atoms with Crippen LogP contribution in [0.4, 0.5) is 10.1 Å². The van der Waals surface area contributed by atoms with Crippen LogP contribution < -0.4 is 13.8 Å². The van der Waals surface area contributed by atoms with E-state index in [2.05, 4.69) is 10.1 Å². The van der Waals surface area contributed by atoms with Gasteiger partial charge in [0.15, 0.2) is 4.90 Å². The summed E-state index contributed by atoms with van der Waals surface area (Å²) in [6.07, 6.45) is 5.80. The van der Waals surface area contributed by atoms with Crippen LogP contribution in [0.1, 0.15) is 37.9 Å². The Kier molecular flexibility index (Phi) is 8.30. The number of aromatic nitrogens is 3. The lowest BCUT2D eigenvalue weighted by molar-refractivity contribution is -0.141. The van der Waals surface area contributed by atoms with E-state index in [4.69, 9.17) is 14.2 Å². The van der Waals surface area contributed by atoms with E-state index >= 15 is 0 Å². The molecule has 0 spiro atoms. The van der Waals surface area contributed by atoms with Crippen molar-refractivity contribution in [2.24, 2.45) is 0 Å². The average Bonchev–Trinajstić information content (AvgIpc) is 3.35. The second-order valence-electron chi connectivity index (χ2n) is 8.41. The number of sulfonamides is 1. The average molecular weight is 545 g/mol. The normalized spacial score (nSPS) is 15.3. The third-order valence-corrected chi connectivity index (χ3v) is 7.66. The van der Waals surface area contributed by atoms with Crippen molar-refractivity contribution in [2.75, 3.05) is 24.6 Å². The molecule has 0 saturated heterocycles. The molecule has 1 unspecified atom stereocenters. The predicted molar refractivity (Wildman–Crippen MR) is 139 cm³/mol. The lowest BCUT2D eigenvalue weighted by atomic mass is 10.1. The molecule has 0 saturated carbocycles. The monoisotopic (exact) mass is 544 g/mol. The summed E-state index contributed by atoms with van der Waals surface area (Å²) in [7, 11) is -2.86. The minimum atomic E-state index is -4.15. The highest BCUT2D eigenvalue weighted by atomic mass is 32.2. The molecule has 12 heteroatoms. The number of anilines is 1. The number of halogens is 1. The number of hydrogen-bond donors (Lipinski definition) is 0. The van der Waals surface area contributed by atoms with E-state index in [-0.39, 0.29) is 42.5 Å². The molecule has 0 amide bonds. The first-order chi connectivity index (χ1) is 18.3. The largest absolute Gasteiger partial charge is 0.486 e. The van der Waals surface area contributed by atoms with Crippen LogP contribution in [0.2, 0.25) is 0 Å². The standard InChI is InChI=1S/C26H29FN4O6S/c1-4-30-17-24(26(29-30)36-5-2)38(33,34)31-16-19(10-13-25(32)35-3)37-23-12-9-18(15-22(23)31)8-11-21-20(27)7-6-14-28-21/h6-9,11-12,14-15,17,19H,4-5,10,13,16H2,1-3H3/b11-8+. The molecule has 1 aliphatic heterocycles. The summed E-state index contributed by atoms with van der Waals surface area (Å²) in [5.74, 6) is -0.551. The maximum absolute atomic E-state index is 14.0. The molecule has 2 aromatic heterocycles. The van der Waals surface area contributed by atoms with Crippen molar-refractivity contribution in [3.05, 3.63) is 59.8 Å². The van der Waals surface area contributed by atoms with Gasteiger partial charge in [0.1, 0.15) is 17.7 Å². The van der Waals surface area contributed by atoms with E-state index < -0.39 is 27.9 Å². The minimum Gasteiger partial charge on any atom is -0.486 e. The number of nitrogens with zero attached hydrogens (tertiary/aromatic N) is 4. The Morgan fingerprint density at radius 1 is 1.26 bits per heavy atom. The molecule has 0 bridgehead atoms. The fraction of sp³-hybridized carbons (Fsp3) is 0.346. The Bertz CT molecular complexity index is 1440. The number of carbonyl (C=O) groups is 1. The molecule has 38 heavy (non-hydrogen) atoms. The maximum Gasteiger partial charge on any atom is 0.305 e. The Labute approximate surface area is 220 Å². The lowest BCUT2D eigenvalue weighted by Crippen LogP contribution is -2.43. The number of pyridine rings is 1. The molecule has 202 valence electrons. The fourth-order valence-electron chi connectivity index (χ4n) is 3.97. The highest BCUT2D eigenvalue weighted by Gasteiger charge is 2.37. The number of carbonyl (C=O) groups excluding carboxylic acids is 1. The van der Waals surface area contributed by atoms with Gasteiger partial charge in [-0.2, -0.15) is 0 Å². The van der Waals surface area contributed by atoms with Crippen molar-refractivity contribution in [1.82, 2.24) is 14.8 Å². The van der Waals surface area contributed by atoms with Gasteiger partial charge in [0.25, 0.3) is 15.9 Å². The molecular formula is C26H29FN4O6S. The molecule has 1 atom stereocenters. The summed E-state index contributed by atoms with van der Waals surface area (Å²) in [5, 5.41) is 4.26. The third-order valence-electron chi connectivity index (χ3n) is 5.90. The van der Waals surface area contributed by atoms with Crippen molar-refractivity contribution < 1.29 is 31.8 Å². The summed E-state index contributed by atoms with van der Waals surface area (Å²) in [4.78, 5) is 15.7. The molecule has 1 aliphatic rings. The zero-order valence-corrected chi connectivity index (χ0v) is 22.2.